The minimum atomic E-state index is -0.151. The highest BCUT2D eigenvalue weighted by Crippen LogP contribution is 2.42. The van der Waals surface area contributed by atoms with E-state index in [0.29, 0.717) is 23.4 Å². The third-order valence-electron chi connectivity index (χ3n) is 8.99. The van der Waals surface area contributed by atoms with Crippen LogP contribution in [0.2, 0.25) is 0 Å². The molecule has 9 rings (SSSR count). The van der Waals surface area contributed by atoms with Crippen LogP contribution in [0.4, 0.5) is 0 Å². The van der Waals surface area contributed by atoms with Gasteiger partial charge in [0.15, 0.2) is 17.5 Å². The summed E-state index contributed by atoms with van der Waals surface area (Å²) in [5.41, 5.74) is 4.21. The maximum Gasteiger partial charge on any atom is 0.164 e. The van der Waals surface area contributed by atoms with Crippen molar-refractivity contribution in [3.8, 4) is 22.8 Å². The van der Waals surface area contributed by atoms with Crippen molar-refractivity contribution >= 4 is 49.1 Å². The highest BCUT2D eigenvalue weighted by Gasteiger charge is 2.31. The van der Waals surface area contributed by atoms with Crippen molar-refractivity contribution < 1.29 is 4.42 Å². The van der Waals surface area contributed by atoms with Crippen LogP contribution in [-0.4, -0.2) is 19.9 Å². The zero-order valence-corrected chi connectivity index (χ0v) is 24.0. The van der Waals surface area contributed by atoms with Crippen LogP contribution in [0, 0.1) is 11.3 Å². The fraction of sp³-hybridized carbons (Fsp3) is 0.0769. The molecule has 0 amide bonds. The van der Waals surface area contributed by atoms with Crippen LogP contribution in [0.3, 0.4) is 0 Å². The summed E-state index contributed by atoms with van der Waals surface area (Å²) >= 11 is 0. The van der Waals surface area contributed by atoms with E-state index in [9.17, 15) is 0 Å². The molecule has 0 saturated carbocycles. The third kappa shape index (κ3) is 3.86. The second-order valence-electron chi connectivity index (χ2n) is 11.8. The molecule has 5 nitrogen and oxygen atoms in total. The minimum Gasteiger partial charge on any atom is -0.456 e. The number of pyridine rings is 1. The molecule has 2 aliphatic carbocycles. The van der Waals surface area contributed by atoms with E-state index in [2.05, 4.69) is 115 Å². The molecule has 7 aromatic rings. The average molecular weight is 567 g/mol. The minimum absolute atomic E-state index is 0.151. The summed E-state index contributed by atoms with van der Waals surface area (Å²) in [4.78, 5) is 19.7. The Morgan fingerprint density at radius 3 is 2.55 bits per heavy atom. The molecule has 0 radical (unpaired) electrons. The van der Waals surface area contributed by atoms with Gasteiger partial charge in [0, 0.05) is 51.2 Å². The molecule has 2 unspecified atom stereocenters. The summed E-state index contributed by atoms with van der Waals surface area (Å²) in [6.45, 7) is 2.25. The summed E-state index contributed by atoms with van der Waals surface area (Å²) in [6, 6.07) is 27.2. The molecule has 0 fully saturated rings. The summed E-state index contributed by atoms with van der Waals surface area (Å²) in [5, 5.41) is 6.69. The van der Waals surface area contributed by atoms with Gasteiger partial charge < -0.3 is 4.42 Å². The quantitative estimate of drug-likeness (QED) is 0.199. The Morgan fingerprint density at radius 2 is 1.57 bits per heavy atom. The van der Waals surface area contributed by atoms with E-state index >= 15 is 0 Å². The Balaban J connectivity index is 1.28. The molecule has 2 atom stereocenters. The van der Waals surface area contributed by atoms with Crippen molar-refractivity contribution in [2.45, 2.75) is 6.92 Å². The van der Waals surface area contributed by atoms with E-state index in [-0.39, 0.29) is 5.41 Å². The van der Waals surface area contributed by atoms with Crippen molar-refractivity contribution in [1.29, 1.82) is 0 Å². The SMILES string of the molecule is CC12C=CC=CC1C=CC(c1nc(-c3ccc4c(ccc5ccccc54)c3)nc(-c3cccc4oc5ccncc5c34)n1)=C2. The predicted octanol–water partition coefficient (Wildman–Crippen LogP) is 9.51. The van der Waals surface area contributed by atoms with Gasteiger partial charge in [0.25, 0.3) is 0 Å². The van der Waals surface area contributed by atoms with Gasteiger partial charge in [-0.3, -0.25) is 4.98 Å². The Hall–Kier alpha value is -5.68. The number of hydrogen-bond donors (Lipinski definition) is 0. The second kappa shape index (κ2) is 9.41. The number of hydrogen-bond acceptors (Lipinski definition) is 5. The number of furan rings is 1. The zero-order valence-electron chi connectivity index (χ0n) is 24.0. The maximum absolute atomic E-state index is 6.18. The molecular formula is C39H26N4O. The van der Waals surface area contributed by atoms with Gasteiger partial charge in [0.1, 0.15) is 11.2 Å². The first-order valence-corrected chi connectivity index (χ1v) is 14.8. The predicted molar refractivity (Wildman–Crippen MR) is 178 cm³/mol. The van der Waals surface area contributed by atoms with Crippen molar-refractivity contribution in [2.24, 2.45) is 11.3 Å². The van der Waals surface area contributed by atoms with Gasteiger partial charge in [-0.05, 0) is 39.7 Å². The Kier molecular flexibility index (Phi) is 5.32. The summed E-state index contributed by atoms with van der Waals surface area (Å²) in [5.74, 6) is 2.17. The summed E-state index contributed by atoms with van der Waals surface area (Å²) < 4.78 is 6.18. The summed E-state index contributed by atoms with van der Waals surface area (Å²) in [6.07, 6.45) is 19.0. The molecule has 208 valence electrons. The van der Waals surface area contributed by atoms with Crippen molar-refractivity contribution in [1.82, 2.24) is 19.9 Å². The van der Waals surface area contributed by atoms with Gasteiger partial charge in [0.05, 0.1) is 0 Å². The molecule has 0 aliphatic heterocycles. The number of nitrogens with zero attached hydrogens (tertiary/aromatic N) is 4. The molecule has 0 bridgehead atoms. The van der Waals surface area contributed by atoms with Crippen molar-refractivity contribution in [3.63, 3.8) is 0 Å². The molecule has 44 heavy (non-hydrogen) atoms. The fourth-order valence-corrected chi connectivity index (χ4v) is 6.67. The van der Waals surface area contributed by atoms with E-state index in [1.807, 2.05) is 24.4 Å². The van der Waals surface area contributed by atoms with E-state index in [1.54, 1.807) is 6.20 Å². The van der Waals surface area contributed by atoms with Crippen LogP contribution in [-0.2, 0) is 0 Å². The molecule has 0 N–H and O–H groups in total. The van der Waals surface area contributed by atoms with Crippen LogP contribution in [0.15, 0.2) is 138 Å². The van der Waals surface area contributed by atoms with Gasteiger partial charge in [-0.25, -0.2) is 15.0 Å². The van der Waals surface area contributed by atoms with E-state index in [0.717, 1.165) is 44.0 Å². The third-order valence-corrected chi connectivity index (χ3v) is 8.99. The first kappa shape index (κ1) is 24.9. The van der Waals surface area contributed by atoms with Gasteiger partial charge in [0.2, 0.25) is 0 Å². The van der Waals surface area contributed by atoms with Gasteiger partial charge in [-0.2, -0.15) is 0 Å². The lowest BCUT2D eigenvalue weighted by Crippen LogP contribution is -2.24. The van der Waals surface area contributed by atoms with E-state index < -0.39 is 0 Å². The number of allylic oxidation sites excluding steroid dienone is 8. The molecule has 3 heterocycles. The highest BCUT2D eigenvalue weighted by atomic mass is 16.3. The van der Waals surface area contributed by atoms with Gasteiger partial charge in [-0.15, -0.1) is 0 Å². The topological polar surface area (TPSA) is 64.7 Å². The first-order valence-electron chi connectivity index (χ1n) is 14.8. The molecule has 3 aromatic heterocycles. The maximum atomic E-state index is 6.18. The Morgan fingerprint density at radius 1 is 0.705 bits per heavy atom. The molecule has 5 heteroatoms. The molecule has 0 spiro atoms. The van der Waals surface area contributed by atoms with Crippen LogP contribution in [0.1, 0.15) is 12.7 Å². The van der Waals surface area contributed by atoms with Gasteiger partial charge in [-0.1, -0.05) is 110 Å². The lowest BCUT2D eigenvalue weighted by Gasteiger charge is -2.33. The molecular weight excluding hydrogens is 540 g/mol. The number of aromatic nitrogens is 4. The molecule has 4 aromatic carbocycles. The number of rotatable bonds is 3. The van der Waals surface area contributed by atoms with Gasteiger partial charge >= 0.3 is 0 Å². The fourth-order valence-electron chi connectivity index (χ4n) is 6.67. The van der Waals surface area contributed by atoms with Crippen LogP contribution < -0.4 is 0 Å². The highest BCUT2D eigenvalue weighted by molar-refractivity contribution is 6.11. The standard InChI is InChI=1S/C39H26N4O/c1-39-19-5-4-8-28(39)16-14-27(22-39)37-41-36(26-15-17-30-25(21-26)13-12-24-7-2-3-9-29(24)30)42-38(43-37)31-10-6-11-34-35(31)32-23-40-20-18-33(32)44-34/h2-23,28H,1H3. The normalized spacial score (nSPS) is 19.2. The monoisotopic (exact) mass is 566 g/mol. The first-order chi connectivity index (χ1) is 21.6. The van der Waals surface area contributed by atoms with E-state index in [4.69, 9.17) is 19.4 Å². The lowest BCUT2D eigenvalue weighted by atomic mass is 9.70. The summed E-state index contributed by atoms with van der Waals surface area (Å²) in [7, 11) is 0. The van der Waals surface area contributed by atoms with Crippen molar-refractivity contribution in [2.75, 3.05) is 0 Å². The number of fused-ring (bicyclic) bond motifs is 7. The average Bonchev–Trinajstić information content (AvgIpc) is 3.46. The Bertz CT molecular complexity index is 2430. The Labute approximate surface area is 253 Å². The molecule has 0 saturated heterocycles. The lowest BCUT2D eigenvalue weighted by molar-refractivity contribution is 0.454. The van der Waals surface area contributed by atoms with Crippen LogP contribution in [0.5, 0.6) is 0 Å². The second-order valence-corrected chi connectivity index (χ2v) is 11.8. The zero-order chi connectivity index (χ0) is 29.3. The number of benzene rings is 4. The van der Waals surface area contributed by atoms with E-state index in [1.165, 1.54) is 16.2 Å². The van der Waals surface area contributed by atoms with Crippen molar-refractivity contribution in [3.05, 3.63) is 140 Å². The molecule has 2 aliphatic rings. The largest absolute Gasteiger partial charge is 0.456 e. The van der Waals surface area contributed by atoms with Crippen LogP contribution in [0.25, 0.3) is 71.8 Å². The van der Waals surface area contributed by atoms with Crippen LogP contribution >= 0.6 is 0 Å². The smallest absolute Gasteiger partial charge is 0.164 e.